The second-order valence-corrected chi connectivity index (χ2v) is 5.75. The van der Waals surface area contributed by atoms with E-state index in [-0.39, 0.29) is 56.8 Å². The topological polar surface area (TPSA) is 12.9 Å². The van der Waals surface area contributed by atoms with Crippen LogP contribution in [0, 0.1) is 12.3 Å². The fraction of sp³-hybridized carbons (Fsp3) is 0.438. The van der Waals surface area contributed by atoms with Crippen molar-refractivity contribution >= 4 is 35.1 Å². The van der Waals surface area contributed by atoms with Gasteiger partial charge in [-0.25, -0.2) is 10.5 Å². The van der Waals surface area contributed by atoms with Gasteiger partial charge >= 0.3 is 26.2 Å². The van der Waals surface area contributed by atoms with E-state index in [9.17, 15) is 4.39 Å². The summed E-state index contributed by atoms with van der Waals surface area (Å²) >= 11 is 0. The fourth-order valence-electron chi connectivity index (χ4n) is 1.84. The van der Waals surface area contributed by atoms with E-state index in [0.29, 0.717) is 6.42 Å². The second-order valence-electron chi connectivity index (χ2n) is 4.59. The van der Waals surface area contributed by atoms with Crippen LogP contribution in [0.3, 0.4) is 0 Å². The first-order chi connectivity index (χ1) is 9.29. The van der Waals surface area contributed by atoms with Crippen LogP contribution in [-0.4, -0.2) is 15.2 Å². The fourth-order valence-corrected chi connectivity index (χ4v) is 2.42. The zero-order chi connectivity index (χ0) is 13.8. The van der Waals surface area contributed by atoms with Gasteiger partial charge in [0.2, 0.25) is 0 Å². The SMILES string of the molecule is Cl.Cl.FC1=[C-]CC=C1.[SiH2]C1CCCCC1.[Zr+2].[c-]1ccccn1. The molecule has 0 atom stereocenters. The largest absolute Gasteiger partial charge is 2.00 e. The van der Waals surface area contributed by atoms with Gasteiger partial charge in [0.05, 0.1) is 0 Å². The summed E-state index contributed by atoms with van der Waals surface area (Å²) in [7, 11) is 2.18. The van der Waals surface area contributed by atoms with Gasteiger partial charge in [-0.05, 0) is 5.83 Å². The maximum Gasteiger partial charge on any atom is 2.00 e. The van der Waals surface area contributed by atoms with E-state index in [1.165, 1.54) is 38.2 Å². The Morgan fingerprint density at radius 1 is 1.14 bits per heavy atom. The predicted molar refractivity (Wildman–Crippen MR) is 94.6 cm³/mol. The molecule has 0 aliphatic heterocycles. The molecular weight excluding hydrogens is 415 g/mol. The molecule has 1 saturated carbocycles. The molecule has 121 valence electrons. The average Bonchev–Trinajstić information content (AvgIpc) is 2.94. The molecule has 1 fully saturated rings. The van der Waals surface area contributed by atoms with Crippen molar-refractivity contribution in [1.29, 1.82) is 0 Å². The Hall–Kier alpha value is 0.240. The molecular formula is C16H23Cl2FNSiZr. The van der Waals surface area contributed by atoms with Crippen molar-refractivity contribution in [3.63, 3.8) is 0 Å². The standard InChI is InChI=1S/C6H13Si.C5H4F.C5H4N.2ClH.Zr/c7-6-4-2-1-3-5-6;6-5-3-1-2-4-5;1-2-4-6-5-3-1;;;/h6H,1-5,7H2;1,3H,2H2;1-4H;2*1H;/q;2*-1;;;+2. The Morgan fingerprint density at radius 3 is 2.00 bits per heavy atom. The van der Waals surface area contributed by atoms with Crippen LogP contribution in [0.5, 0.6) is 0 Å². The third kappa shape index (κ3) is 16.6. The Balaban J connectivity index is -0.000000231. The van der Waals surface area contributed by atoms with Crippen molar-refractivity contribution in [2.24, 2.45) is 0 Å². The molecule has 0 spiro atoms. The van der Waals surface area contributed by atoms with Crippen molar-refractivity contribution < 1.29 is 30.6 Å². The van der Waals surface area contributed by atoms with Crippen LogP contribution in [0.2, 0.25) is 5.54 Å². The number of halogens is 3. The number of allylic oxidation sites excluding steroid dienone is 4. The monoisotopic (exact) mass is 436 g/mol. The summed E-state index contributed by atoms with van der Waals surface area (Å²) in [4.78, 5) is 3.66. The Morgan fingerprint density at radius 2 is 1.82 bits per heavy atom. The molecule has 0 amide bonds. The van der Waals surface area contributed by atoms with Gasteiger partial charge in [0.15, 0.2) is 0 Å². The summed E-state index contributed by atoms with van der Waals surface area (Å²) in [6.45, 7) is 0. The zero-order valence-electron chi connectivity index (χ0n) is 12.6. The van der Waals surface area contributed by atoms with Gasteiger partial charge in [0.25, 0.3) is 0 Å². The number of hydrogen-bond donors (Lipinski definition) is 0. The first kappa shape index (κ1) is 27.1. The Kier molecular flexibility index (Phi) is 23.8. The smallest absolute Gasteiger partial charge is 0.394 e. The van der Waals surface area contributed by atoms with E-state index in [1.807, 2.05) is 12.1 Å². The van der Waals surface area contributed by atoms with Gasteiger partial charge in [-0.1, -0.05) is 50.0 Å². The minimum absolute atomic E-state index is 0. The quantitative estimate of drug-likeness (QED) is 0.423. The minimum atomic E-state index is -0.227. The normalized spacial score (nSPS) is 15.3. The minimum Gasteiger partial charge on any atom is -0.394 e. The Labute approximate surface area is 168 Å². The van der Waals surface area contributed by atoms with E-state index in [0.717, 1.165) is 5.54 Å². The zero-order valence-corrected chi connectivity index (χ0v) is 18.1. The number of pyridine rings is 1. The molecule has 3 rings (SSSR count). The summed E-state index contributed by atoms with van der Waals surface area (Å²) in [5, 5.41) is 0. The van der Waals surface area contributed by atoms with Crippen LogP contribution in [0.15, 0.2) is 42.4 Å². The molecule has 2 aliphatic carbocycles. The van der Waals surface area contributed by atoms with E-state index >= 15 is 0 Å². The first-order valence-electron chi connectivity index (χ1n) is 6.82. The van der Waals surface area contributed by atoms with Gasteiger partial charge in [-0.3, -0.25) is 0 Å². The van der Waals surface area contributed by atoms with E-state index in [1.54, 1.807) is 18.3 Å². The van der Waals surface area contributed by atoms with E-state index in [4.69, 9.17) is 0 Å². The van der Waals surface area contributed by atoms with Crippen molar-refractivity contribution in [2.45, 2.75) is 44.1 Å². The van der Waals surface area contributed by atoms with Crippen molar-refractivity contribution in [2.75, 3.05) is 0 Å². The predicted octanol–water partition coefficient (Wildman–Crippen LogP) is 4.70. The van der Waals surface area contributed by atoms with E-state index in [2.05, 4.69) is 27.5 Å². The maximum atomic E-state index is 11.6. The summed E-state index contributed by atoms with van der Waals surface area (Å²) in [6.07, 6.45) is 18.1. The van der Waals surface area contributed by atoms with Crippen molar-refractivity contribution in [3.05, 3.63) is 54.6 Å². The summed E-state index contributed by atoms with van der Waals surface area (Å²) in [5.74, 6) is -0.227. The van der Waals surface area contributed by atoms with Crippen LogP contribution in [0.4, 0.5) is 4.39 Å². The van der Waals surface area contributed by atoms with Crippen LogP contribution in [-0.2, 0) is 26.2 Å². The van der Waals surface area contributed by atoms with Gasteiger partial charge in [-0.15, -0.1) is 31.2 Å². The van der Waals surface area contributed by atoms with Crippen LogP contribution in [0.25, 0.3) is 0 Å². The molecule has 0 unspecified atom stereocenters. The molecule has 22 heavy (non-hydrogen) atoms. The molecule has 1 aromatic rings. The second kappa shape index (κ2) is 19.3. The number of hydrogen-bond acceptors (Lipinski definition) is 1. The molecule has 1 radical (unpaired) electrons. The number of aromatic nitrogens is 1. The third-order valence-corrected chi connectivity index (χ3v) is 3.71. The molecule has 1 aromatic heterocycles. The van der Waals surface area contributed by atoms with Gasteiger partial charge in [0, 0.05) is 10.2 Å². The van der Waals surface area contributed by atoms with Crippen LogP contribution in [0.1, 0.15) is 38.5 Å². The summed E-state index contributed by atoms with van der Waals surface area (Å²) in [5.41, 5.74) is 1.06. The molecule has 6 heteroatoms. The molecule has 2 aliphatic rings. The molecule has 1 nitrogen and oxygen atoms in total. The molecule has 1 heterocycles. The summed E-state index contributed by atoms with van der Waals surface area (Å²) in [6, 6.07) is 5.50. The maximum absolute atomic E-state index is 11.6. The molecule has 0 saturated heterocycles. The number of rotatable bonds is 0. The van der Waals surface area contributed by atoms with Gasteiger partial charge in [0.1, 0.15) is 0 Å². The van der Waals surface area contributed by atoms with Gasteiger partial charge < -0.3 is 4.98 Å². The van der Waals surface area contributed by atoms with Crippen LogP contribution >= 0.6 is 24.8 Å². The molecule has 0 N–H and O–H groups in total. The van der Waals surface area contributed by atoms with Crippen molar-refractivity contribution in [1.82, 2.24) is 4.98 Å². The molecule has 0 aromatic carbocycles. The average molecular weight is 439 g/mol. The van der Waals surface area contributed by atoms with Crippen LogP contribution < -0.4 is 0 Å². The van der Waals surface area contributed by atoms with Crippen molar-refractivity contribution in [3.8, 4) is 0 Å². The Bertz CT molecular complexity index is 356. The molecule has 0 bridgehead atoms. The summed E-state index contributed by atoms with van der Waals surface area (Å²) < 4.78 is 11.6. The van der Waals surface area contributed by atoms with Gasteiger partial charge in [-0.2, -0.15) is 30.4 Å². The third-order valence-electron chi connectivity index (χ3n) is 2.89. The first-order valence-corrected chi connectivity index (χ1v) is 7.63. The van der Waals surface area contributed by atoms with E-state index < -0.39 is 0 Å². The number of nitrogens with zero attached hydrogens (tertiary/aromatic N) is 1.